The predicted octanol–water partition coefficient (Wildman–Crippen LogP) is 5.05. The van der Waals surface area contributed by atoms with Crippen LogP contribution in [0.4, 0.5) is 15.3 Å². The normalized spacial score (nSPS) is 14.7. The Morgan fingerprint density at radius 3 is 2.29 bits per heavy atom. The summed E-state index contributed by atoms with van der Waals surface area (Å²) in [5.41, 5.74) is 2.34. The van der Waals surface area contributed by atoms with Gasteiger partial charge in [0.1, 0.15) is 17.0 Å². The number of carbonyl (C=O) groups excluding carboxylic acids is 3. The fraction of sp³-hybridized carbons (Fsp3) is 0.438. The second-order valence-corrected chi connectivity index (χ2v) is 12.1. The van der Waals surface area contributed by atoms with E-state index in [1.165, 1.54) is 0 Å². The van der Waals surface area contributed by atoms with Crippen LogP contribution in [0, 0.1) is 24.2 Å². The number of ether oxygens (including phenoxy) is 2. The Kier molecular flexibility index (Phi) is 10.2. The van der Waals surface area contributed by atoms with Gasteiger partial charge in [0.05, 0.1) is 6.54 Å². The van der Waals surface area contributed by atoms with Crippen molar-refractivity contribution in [3.8, 4) is 11.8 Å². The number of carbonyl (C=O) groups is 3. The first-order valence-electron chi connectivity index (χ1n) is 13.9. The van der Waals surface area contributed by atoms with Gasteiger partial charge < -0.3 is 25.0 Å². The molecule has 0 aliphatic carbocycles. The molecule has 0 aromatic heterocycles. The molecule has 10 nitrogen and oxygen atoms in total. The van der Waals surface area contributed by atoms with Crippen molar-refractivity contribution < 1.29 is 23.9 Å². The average molecular weight is 576 g/mol. The highest BCUT2D eigenvalue weighted by Crippen LogP contribution is 2.17. The Morgan fingerprint density at radius 1 is 1.00 bits per heavy atom. The van der Waals surface area contributed by atoms with Crippen molar-refractivity contribution in [2.75, 3.05) is 25.0 Å². The molecule has 1 aliphatic heterocycles. The Balaban J connectivity index is 1.47. The van der Waals surface area contributed by atoms with Gasteiger partial charge in [-0.15, -0.1) is 0 Å². The maximum Gasteiger partial charge on any atom is 0.413 e. The van der Waals surface area contributed by atoms with Gasteiger partial charge in [-0.05, 0) is 103 Å². The summed E-state index contributed by atoms with van der Waals surface area (Å²) in [6.45, 7) is 14.0. The van der Waals surface area contributed by atoms with Gasteiger partial charge in [0.15, 0.2) is 0 Å². The van der Waals surface area contributed by atoms with E-state index in [0.717, 1.165) is 16.8 Å². The molecule has 10 heteroatoms. The number of rotatable bonds is 5. The van der Waals surface area contributed by atoms with Gasteiger partial charge in [-0.3, -0.25) is 15.5 Å². The number of nitrogens with zero attached hydrogens (tertiary/aromatic N) is 1. The molecule has 2 aromatic carbocycles. The molecule has 1 saturated heterocycles. The minimum Gasteiger partial charge on any atom is -0.444 e. The van der Waals surface area contributed by atoms with Crippen LogP contribution in [-0.2, 0) is 9.47 Å². The molecule has 1 heterocycles. The first-order chi connectivity index (χ1) is 19.6. The van der Waals surface area contributed by atoms with E-state index in [1.54, 1.807) is 56.0 Å². The highest BCUT2D eigenvalue weighted by molar-refractivity contribution is 6.04. The summed E-state index contributed by atoms with van der Waals surface area (Å²) in [5, 5.41) is 16.7. The van der Waals surface area contributed by atoms with Crippen LogP contribution >= 0.6 is 0 Å². The number of nitrogens with one attached hydrogen (secondary N) is 4. The molecule has 224 valence electrons. The SMILES string of the molecule is Cc1cc(C#CCNc2ccc(C(=N)NC(=O)OC(C)(C)C)cc2)ccc1C(=O)NC1CCN(C(=O)OC(C)(C)C)C1. The number of amides is 3. The summed E-state index contributed by atoms with van der Waals surface area (Å²) in [4.78, 5) is 38.7. The lowest BCUT2D eigenvalue weighted by molar-refractivity contribution is 0.0289. The molecule has 4 N–H and O–H groups in total. The van der Waals surface area contributed by atoms with Gasteiger partial charge in [-0.25, -0.2) is 9.59 Å². The number of hydrogen-bond donors (Lipinski definition) is 4. The Hall–Kier alpha value is -4.52. The second-order valence-electron chi connectivity index (χ2n) is 12.1. The van der Waals surface area contributed by atoms with Gasteiger partial charge in [0, 0.05) is 41.5 Å². The highest BCUT2D eigenvalue weighted by Gasteiger charge is 2.30. The fourth-order valence-corrected chi connectivity index (χ4v) is 4.15. The summed E-state index contributed by atoms with van der Waals surface area (Å²) in [6, 6.07) is 12.4. The topological polar surface area (TPSA) is 133 Å². The van der Waals surface area contributed by atoms with Crippen molar-refractivity contribution in [3.05, 3.63) is 64.7 Å². The Morgan fingerprint density at radius 2 is 1.67 bits per heavy atom. The van der Waals surface area contributed by atoms with Crippen LogP contribution in [0.25, 0.3) is 0 Å². The number of amidine groups is 1. The molecule has 0 bridgehead atoms. The molecule has 0 radical (unpaired) electrons. The van der Waals surface area contributed by atoms with E-state index in [2.05, 4.69) is 27.8 Å². The molecule has 3 amide bonds. The van der Waals surface area contributed by atoms with E-state index in [9.17, 15) is 14.4 Å². The van der Waals surface area contributed by atoms with Gasteiger partial charge in [0.25, 0.3) is 5.91 Å². The third-order valence-corrected chi connectivity index (χ3v) is 6.06. The highest BCUT2D eigenvalue weighted by atomic mass is 16.6. The maximum absolute atomic E-state index is 12.9. The molecule has 1 aliphatic rings. The van der Waals surface area contributed by atoms with E-state index < -0.39 is 17.3 Å². The van der Waals surface area contributed by atoms with Crippen LogP contribution < -0.4 is 16.0 Å². The standard InChI is InChI=1S/C32H41N5O5/c1-21-19-22(10-15-26(21)28(38)35-25-16-18-37(20-25)30(40)42-32(5,6)7)9-8-17-34-24-13-11-23(12-14-24)27(33)36-29(39)41-31(2,3)4/h10-15,19,25,34H,16-18,20H2,1-7H3,(H,35,38)(H2,33,36,39). The van der Waals surface area contributed by atoms with E-state index in [0.29, 0.717) is 37.2 Å². The maximum atomic E-state index is 12.9. The molecule has 1 unspecified atom stereocenters. The number of hydrogen-bond acceptors (Lipinski definition) is 7. The zero-order valence-electron chi connectivity index (χ0n) is 25.4. The van der Waals surface area contributed by atoms with Gasteiger partial charge in [-0.1, -0.05) is 11.8 Å². The van der Waals surface area contributed by atoms with Crippen LogP contribution in [0.2, 0.25) is 0 Å². The van der Waals surface area contributed by atoms with Crippen molar-refractivity contribution in [1.82, 2.24) is 15.5 Å². The quantitative estimate of drug-likeness (QED) is 0.224. The summed E-state index contributed by atoms with van der Waals surface area (Å²) >= 11 is 0. The molecule has 3 rings (SSSR count). The smallest absolute Gasteiger partial charge is 0.413 e. The van der Waals surface area contributed by atoms with Crippen LogP contribution in [0.1, 0.15) is 75.0 Å². The van der Waals surface area contributed by atoms with E-state index >= 15 is 0 Å². The van der Waals surface area contributed by atoms with Gasteiger partial charge in [-0.2, -0.15) is 0 Å². The minimum atomic E-state index is -0.672. The lowest BCUT2D eigenvalue weighted by Gasteiger charge is -2.24. The van der Waals surface area contributed by atoms with Crippen molar-refractivity contribution in [2.45, 2.75) is 72.1 Å². The molecule has 1 atom stereocenters. The number of likely N-dealkylation sites (tertiary alicyclic amines) is 1. The number of anilines is 1. The molecular formula is C32H41N5O5. The third kappa shape index (κ3) is 10.1. The van der Waals surface area contributed by atoms with Crippen molar-refractivity contribution in [3.63, 3.8) is 0 Å². The Bertz CT molecular complexity index is 1380. The molecule has 1 fully saturated rings. The summed E-state index contributed by atoms with van der Waals surface area (Å²) < 4.78 is 10.6. The van der Waals surface area contributed by atoms with Crippen molar-refractivity contribution >= 4 is 29.6 Å². The minimum absolute atomic E-state index is 0.0471. The lowest BCUT2D eigenvalue weighted by atomic mass is 10.0. The zero-order valence-corrected chi connectivity index (χ0v) is 25.4. The lowest BCUT2D eigenvalue weighted by Crippen LogP contribution is -2.40. The average Bonchev–Trinajstić information content (AvgIpc) is 3.33. The van der Waals surface area contributed by atoms with Crippen LogP contribution in [-0.4, -0.2) is 65.7 Å². The van der Waals surface area contributed by atoms with Crippen molar-refractivity contribution in [2.24, 2.45) is 0 Å². The van der Waals surface area contributed by atoms with E-state index in [4.69, 9.17) is 14.9 Å². The monoisotopic (exact) mass is 575 g/mol. The number of alkyl carbamates (subject to hydrolysis) is 1. The molecule has 0 saturated carbocycles. The van der Waals surface area contributed by atoms with Crippen LogP contribution in [0.3, 0.4) is 0 Å². The zero-order chi connectivity index (χ0) is 31.1. The first kappa shape index (κ1) is 32.0. The molecule has 42 heavy (non-hydrogen) atoms. The largest absolute Gasteiger partial charge is 0.444 e. The van der Waals surface area contributed by atoms with E-state index in [1.807, 2.05) is 39.8 Å². The summed E-state index contributed by atoms with van der Waals surface area (Å²) in [6.07, 6.45) is -0.360. The summed E-state index contributed by atoms with van der Waals surface area (Å²) in [5.74, 6) is 5.95. The fourth-order valence-electron chi connectivity index (χ4n) is 4.15. The second kappa shape index (κ2) is 13.4. The first-order valence-corrected chi connectivity index (χ1v) is 13.9. The van der Waals surface area contributed by atoms with Crippen molar-refractivity contribution in [1.29, 1.82) is 5.41 Å². The number of aryl methyl sites for hydroxylation is 1. The molecule has 2 aromatic rings. The predicted molar refractivity (Wildman–Crippen MR) is 163 cm³/mol. The van der Waals surface area contributed by atoms with Crippen LogP contribution in [0.5, 0.6) is 0 Å². The van der Waals surface area contributed by atoms with Crippen LogP contribution in [0.15, 0.2) is 42.5 Å². The summed E-state index contributed by atoms with van der Waals surface area (Å²) in [7, 11) is 0. The number of benzene rings is 2. The third-order valence-electron chi connectivity index (χ3n) is 6.06. The van der Waals surface area contributed by atoms with E-state index in [-0.39, 0.29) is 23.9 Å². The van der Waals surface area contributed by atoms with Gasteiger partial charge in [0.2, 0.25) is 0 Å². The van der Waals surface area contributed by atoms with Gasteiger partial charge >= 0.3 is 12.2 Å². The Labute approximate surface area is 248 Å². The molecular weight excluding hydrogens is 534 g/mol. The molecule has 0 spiro atoms.